The third kappa shape index (κ3) is 3.55. The average Bonchev–Trinajstić information content (AvgIpc) is 2.46. The monoisotopic (exact) mass is 350 g/mol. The van der Waals surface area contributed by atoms with E-state index < -0.39 is 0 Å². The number of hydrogen-bond donors (Lipinski definition) is 2. The zero-order chi connectivity index (χ0) is 14.5. The number of methoxy groups -OCH3 is 1. The Kier molecular flexibility index (Phi) is 5.09. The van der Waals surface area contributed by atoms with Crippen molar-refractivity contribution in [2.75, 3.05) is 7.11 Å². The summed E-state index contributed by atoms with van der Waals surface area (Å²) in [4.78, 5) is 1.17. The summed E-state index contributed by atoms with van der Waals surface area (Å²) in [5.41, 5.74) is 7.28. The van der Waals surface area contributed by atoms with Crippen LogP contribution >= 0.6 is 27.7 Å². The zero-order valence-corrected chi connectivity index (χ0v) is 13.4. The van der Waals surface area contributed by atoms with Crippen LogP contribution in [0, 0.1) is 5.41 Å². The van der Waals surface area contributed by atoms with Crippen LogP contribution in [-0.2, 0) is 5.75 Å². The van der Waals surface area contributed by atoms with Gasteiger partial charge in [-0.2, -0.15) is 0 Å². The second-order valence-corrected chi connectivity index (χ2v) is 6.03. The molecule has 0 radical (unpaired) electrons. The van der Waals surface area contributed by atoms with Gasteiger partial charge in [0, 0.05) is 26.2 Å². The van der Waals surface area contributed by atoms with Gasteiger partial charge in [0.25, 0.3) is 0 Å². The van der Waals surface area contributed by atoms with Gasteiger partial charge >= 0.3 is 0 Å². The molecule has 2 rings (SSSR count). The van der Waals surface area contributed by atoms with E-state index in [1.165, 1.54) is 4.90 Å². The summed E-state index contributed by atoms with van der Waals surface area (Å²) < 4.78 is 6.44. The molecular formula is C15H15BrN2OS. The minimum atomic E-state index is 0.0693. The highest BCUT2D eigenvalue weighted by Gasteiger charge is 2.08. The molecule has 0 amide bonds. The van der Waals surface area contributed by atoms with Gasteiger partial charge in [-0.05, 0) is 46.3 Å². The fourth-order valence-corrected chi connectivity index (χ4v) is 3.32. The number of amidine groups is 1. The Balaban J connectivity index is 2.22. The first kappa shape index (κ1) is 14.9. The van der Waals surface area contributed by atoms with Gasteiger partial charge in [-0.1, -0.05) is 12.1 Å². The van der Waals surface area contributed by atoms with E-state index in [2.05, 4.69) is 22.0 Å². The van der Waals surface area contributed by atoms with E-state index in [4.69, 9.17) is 15.9 Å². The van der Waals surface area contributed by atoms with Crippen molar-refractivity contribution in [3.8, 4) is 5.75 Å². The summed E-state index contributed by atoms with van der Waals surface area (Å²) in [6.45, 7) is 0. The van der Waals surface area contributed by atoms with Crippen LogP contribution in [0.4, 0.5) is 0 Å². The van der Waals surface area contributed by atoms with Crippen LogP contribution in [0.15, 0.2) is 51.8 Å². The van der Waals surface area contributed by atoms with E-state index >= 15 is 0 Å². The number of ether oxygens (including phenoxy) is 1. The Morgan fingerprint density at radius 1 is 1.30 bits per heavy atom. The van der Waals surface area contributed by atoms with Gasteiger partial charge < -0.3 is 10.5 Å². The van der Waals surface area contributed by atoms with Crippen molar-refractivity contribution in [1.29, 1.82) is 5.41 Å². The molecular weight excluding hydrogens is 336 g/mol. The fraction of sp³-hybridized carbons (Fsp3) is 0.133. The molecule has 0 bridgehead atoms. The molecule has 0 unspecified atom stereocenters. The number of benzene rings is 2. The van der Waals surface area contributed by atoms with Crippen molar-refractivity contribution < 1.29 is 4.74 Å². The maximum absolute atomic E-state index is 7.51. The molecule has 2 aromatic carbocycles. The maximum atomic E-state index is 7.51. The van der Waals surface area contributed by atoms with Crippen LogP contribution in [-0.4, -0.2) is 12.9 Å². The summed E-state index contributed by atoms with van der Waals surface area (Å²) in [7, 11) is 1.65. The number of halogens is 1. The highest BCUT2D eigenvalue weighted by atomic mass is 79.9. The van der Waals surface area contributed by atoms with Crippen LogP contribution in [0.25, 0.3) is 0 Å². The fourth-order valence-electron chi connectivity index (χ4n) is 1.78. The highest BCUT2D eigenvalue weighted by molar-refractivity contribution is 9.10. The van der Waals surface area contributed by atoms with E-state index in [9.17, 15) is 0 Å². The molecule has 0 aliphatic heterocycles. The molecule has 0 aliphatic carbocycles. The number of nitrogens with one attached hydrogen (secondary N) is 1. The van der Waals surface area contributed by atoms with E-state index in [1.807, 2.05) is 30.3 Å². The quantitative estimate of drug-likeness (QED) is 0.486. The van der Waals surface area contributed by atoms with Gasteiger partial charge in [-0.15, -0.1) is 11.8 Å². The molecule has 3 N–H and O–H groups in total. The summed E-state index contributed by atoms with van der Waals surface area (Å²) in [6.07, 6.45) is 0. The summed E-state index contributed by atoms with van der Waals surface area (Å²) in [5, 5.41) is 7.51. The molecule has 0 spiro atoms. The lowest BCUT2D eigenvalue weighted by Crippen LogP contribution is -2.11. The van der Waals surface area contributed by atoms with Crippen molar-refractivity contribution in [2.45, 2.75) is 10.6 Å². The molecule has 0 atom stereocenters. The van der Waals surface area contributed by atoms with E-state index in [-0.39, 0.29) is 5.84 Å². The van der Waals surface area contributed by atoms with Gasteiger partial charge in [-0.3, -0.25) is 5.41 Å². The largest absolute Gasteiger partial charge is 0.496 e. The minimum Gasteiger partial charge on any atom is -0.496 e. The first-order chi connectivity index (χ1) is 9.61. The zero-order valence-electron chi connectivity index (χ0n) is 11.0. The predicted molar refractivity (Wildman–Crippen MR) is 87.7 cm³/mol. The lowest BCUT2D eigenvalue weighted by atomic mass is 10.1. The third-order valence-electron chi connectivity index (χ3n) is 2.81. The van der Waals surface area contributed by atoms with Gasteiger partial charge in [0.05, 0.1) is 7.11 Å². The van der Waals surface area contributed by atoms with Gasteiger partial charge in [-0.25, -0.2) is 0 Å². The molecule has 0 aromatic heterocycles. The first-order valence-corrected chi connectivity index (χ1v) is 7.78. The molecule has 104 valence electrons. The SMILES string of the molecule is COc1ccc(C(=N)N)cc1CSc1ccccc1Br. The van der Waals surface area contributed by atoms with E-state index in [0.29, 0.717) is 5.56 Å². The van der Waals surface area contributed by atoms with Crippen molar-refractivity contribution in [3.63, 3.8) is 0 Å². The Morgan fingerprint density at radius 2 is 2.05 bits per heavy atom. The second kappa shape index (κ2) is 6.81. The number of nitrogens with two attached hydrogens (primary N) is 1. The summed E-state index contributed by atoms with van der Waals surface area (Å²) >= 11 is 5.25. The molecule has 0 saturated heterocycles. The van der Waals surface area contributed by atoms with Crippen molar-refractivity contribution in [2.24, 2.45) is 5.73 Å². The lowest BCUT2D eigenvalue weighted by molar-refractivity contribution is 0.411. The van der Waals surface area contributed by atoms with Crippen molar-refractivity contribution >= 4 is 33.5 Å². The van der Waals surface area contributed by atoms with Crippen molar-refractivity contribution in [3.05, 3.63) is 58.1 Å². The average molecular weight is 351 g/mol. The molecule has 0 heterocycles. The van der Waals surface area contributed by atoms with Gasteiger partial charge in [0.1, 0.15) is 11.6 Å². The smallest absolute Gasteiger partial charge is 0.122 e. The number of rotatable bonds is 5. The predicted octanol–water partition coefficient (Wildman–Crippen LogP) is 4.03. The highest BCUT2D eigenvalue weighted by Crippen LogP contribution is 2.32. The Hall–Kier alpha value is -1.46. The van der Waals surface area contributed by atoms with Crippen molar-refractivity contribution in [1.82, 2.24) is 0 Å². The second-order valence-electron chi connectivity index (χ2n) is 4.16. The van der Waals surface area contributed by atoms with Crippen LogP contribution in [0.5, 0.6) is 5.75 Å². The third-order valence-corrected chi connectivity index (χ3v) is 4.89. The number of thioether (sulfide) groups is 1. The van der Waals surface area contributed by atoms with Gasteiger partial charge in [0.15, 0.2) is 0 Å². The molecule has 0 fully saturated rings. The first-order valence-electron chi connectivity index (χ1n) is 6.00. The van der Waals surface area contributed by atoms with E-state index in [0.717, 1.165) is 21.5 Å². The molecule has 0 aliphatic rings. The topological polar surface area (TPSA) is 59.1 Å². The summed E-state index contributed by atoms with van der Waals surface area (Å²) in [5.74, 6) is 1.64. The number of hydrogen-bond acceptors (Lipinski definition) is 3. The molecule has 2 aromatic rings. The van der Waals surface area contributed by atoms with Crippen LogP contribution in [0.2, 0.25) is 0 Å². The Bertz CT molecular complexity index is 631. The van der Waals surface area contributed by atoms with Crippen LogP contribution in [0.1, 0.15) is 11.1 Å². The normalized spacial score (nSPS) is 10.3. The van der Waals surface area contributed by atoms with Crippen LogP contribution < -0.4 is 10.5 Å². The number of nitrogen functional groups attached to an aromatic ring is 1. The van der Waals surface area contributed by atoms with E-state index in [1.54, 1.807) is 24.9 Å². The standard InChI is InChI=1S/C15H15BrN2OS/c1-19-13-7-6-10(15(17)18)8-11(13)9-20-14-5-3-2-4-12(14)16/h2-8H,9H2,1H3,(H3,17,18). The molecule has 3 nitrogen and oxygen atoms in total. The molecule has 0 saturated carbocycles. The molecule has 5 heteroatoms. The summed E-state index contributed by atoms with van der Waals surface area (Å²) in [6, 6.07) is 13.6. The Morgan fingerprint density at radius 3 is 2.70 bits per heavy atom. The maximum Gasteiger partial charge on any atom is 0.122 e. The lowest BCUT2D eigenvalue weighted by Gasteiger charge is -2.11. The Labute approximate surface area is 131 Å². The minimum absolute atomic E-state index is 0.0693. The molecule has 20 heavy (non-hydrogen) atoms. The van der Waals surface area contributed by atoms with Crippen LogP contribution in [0.3, 0.4) is 0 Å². The van der Waals surface area contributed by atoms with Gasteiger partial charge in [0.2, 0.25) is 0 Å².